The summed E-state index contributed by atoms with van der Waals surface area (Å²) in [7, 11) is 0. The summed E-state index contributed by atoms with van der Waals surface area (Å²) in [5.74, 6) is -0.221. The Morgan fingerprint density at radius 3 is 2.75 bits per heavy atom. The molecule has 24 heavy (non-hydrogen) atoms. The number of alkyl halides is 2. The number of hydrogen-bond acceptors (Lipinski definition) is 3. The van der Waals surface area contributed by atoms with Crippen LogP contribution in [0.2, 0.25) is 0 Å². The van der Waals surface area contributed by atoms with Crippen LogP contribution < -0.4 is 15.8 Å². The summed E-state index contributed by atoms with van der Waals surface area (Å²) in [6.07, 6.45) is 3.65. The largest absolute Gasteiger partial charge is 0.435 e. The van der Waals surface area contributed by atoms with Gasteiger partial charge in [-0.15, -0.1) is 12.4 Å². The van der Waals surface area contributed by atoms with Gasteiger partial charge in [0.1, 0.15) is 5.75 Å². The first-order valence-electron chi connectivity index (χ1n) is 7.93. The second-order valence-electron chi connectivity index (χ2n) is 6.49. The fourth-order valence-electron chi connectivity index (χ4n) is 3.15. The molecular formula is C17H25ClF2N2O2. The summed E-state index contributed by atoms with van der Waals surface area (Å²) >= 11 is 0. The Morgan fingerprint density at radius 1 is 1.42 bits per heavy atom. The number of carbonyl (C=O) groups excluding carboxylic acids is 1. The minimum absolute atomic E-state index is 0. The minimum atomic E-state index is -2.87. The third-order valence-electron chi connectivity index (χ3n) is 4.51. The van der Waals surface area contributed by atoms with Gasteiger partial charge in [-0.25, -0.2) is 0 Å². The third kappa shape index (κ3) is 5.31. The van der Waals surface area contributed by atoms with Gasteiger partial charge in [-0.2, -0.15) is 8.78 Å². The fraction of sp³-hybridized carbons (Fsp3) is 0.588. The van der Waals surface area contributed by atoms with E-state index in [2.05, 4.69) is 10.1 Å². The molecule has 136 valence electrons. The van der Waals surface area contributed by atoms with E-state index in [1.807, 2.05) is 13.8 Å². The Morgan fingerprint density at radius 2 is 2.12 bits per heavy atom. The molecule has 4 nitrogen and oxygen atoms in total. The number of nitrogens with two attached hydrogens (primary N) is 1. The van der Waals surface area contributed by atoms with Crippen LogP contribution in [0.25, 0.3) is 0 Å². The van der Waals surface area contributed by atoms with E-state index in [1.54, 1.807) is 12.1 Å². The zero-order chi connectivity index (χ0) is 17.0. The Bertz CT molecular complexity index is 555. The van der Waals surface area contributed by atoms with Crippen LogP contribution in [-0.2, 0) is 4.79 Å². The molecule has 1 saturated carbocycles. The van der Waals surface area contributed by atoms with Gasteiger partial charge in [0.2, 0.25) is 5.91 Å². The van der Waals surface area contributed by atoms with Crippen molar-refractivity contribution in [1.29, 1.82) is 0 Å². The SMILES string of the molecule is CC(NC(=O)C1CCCCC1(C)N)c1cccc(OC(F)F)c1.Cl. The van der Waals surface area contributed by atoms with Crippen LogP contribution in [0.1, 0.15) is 51.1 Å². The number of rotatable bonds is 5. The molecule has 7 heteroatoms. The lowest BCUT2D eigenvalue weighted by molar-refractivity contribution is -0.128. The number of amides is 1. The predicted molar refractivity (Wildman–Crippen MR) is 91.4 cm³/mol. The smallest absolute Gasteiger partial charge is 0.387 e. The predicted octanol–water partition coefficient (Wildman–Crippen LogP) is 3.79. The van der Waals surface area contributed by atoms with Gasteiger partial charge in [-0.3, -0.25) is 4.79 Å². The average Bonchev–Trinajstić information content (AvgIpc) is 2.46. The maximum Gasteiger partial charge on any atom is 0.387 e. The van der Waals surface area contributed by atoms with E-state index in [-0.39, 0.29) is 36.0 Å². The number of nitrogens with one attached hydrogen (secondary N) is 1. The lowest BCUT2D eigenvalue weighted by Gasteiger charge is -2.37. The normalized spacial score (nSPS) is 24.8. The summed E-state index contributed by atoms with van der Waals surface area (Å²) in [6, 6.07) is 6.07. The van der Waals surface area contributed by atoms with Crippen molar-refractivity contribution < 1.29 is 18.3 Å². The molecule has 1 fully saturated rings. The third-order valence-corrected chi connectivity index (χ3v) is 4.51. The van der Waals surface area contributed by atoms with Gasteiger partial charge < -0.3 is 15.8 Å². The summed E-state index contributed by atoms with van der Waals surface area (Å²) in [4.78, 5) is 12.5. The lowest BCUT2D eigenvalue weighted by atomic mass is 9.74. The van der Waals surface area contributed by atoms with Gasteiger partial charge in [-0.05, 0) is 44.4 Å². The van der Waals surface area contributed by atoms with Crippen LogP contribution in [0.5, 0.6) is 5.75 Å². The Kier molecular flexibility index (Phi) is 7.42. The van der Waals surface area contributed by atoms with E-state index < -0.39 is 12.2 Å². The number of ether oxygens (including phenoxy) is 1. The maximum atomic E-state index is 12.5. The van der Waals surface area contributed by atoms with Crippen LogP contribution in [-0.4, -0.2) is 18.1 Å². The van der Waals surface area contributed by atoms with Gasteiger partial charge in [-0.1, -0.05) is 25.0 Å². The van der Waals surface area contributed by atoms with Crippen LogP contribution in [0.15, 0.2) is 24.3 Å². The van der Waals surface area contributed by atoms with E-state index >= 15 is 0 Å². The summed E-state index contributed by atoms with van der Waals surface area (Å²) in [5.41, 5.74) is 6.47. The summed E-state index contributed by atoms with van der Waals surface area (Å²) in [5, 5.41) is 2.94. The molecule has 1 aromatic rings. The van der Waals surface area contributed by atoms with Gasteiger partial charge in [0.15, 0.2) is 0 Å². The zero-order valence-corrected chi connectivity index (χ0v) is 14.7. The molecular weight excluding hydrogens is 338 g/mol. The van der Waals surface area contributed by atoms with Crippen LogP contribution in [0.3, 0.4) is 0 Å². The highest BCUT2D eigenvalue weighted by Crippen LogP contribution is 2.32. The number of carbonyl (C=O) groups is 1. The van der Waals surface area contributed by atoms with Crippen LogP contribution in [0.4, 0.5) is 8.78 Å². The summed E-state index contributed by atoms with van der Waals surface area (Å²) in [6.45, 7) is 0.865. The monoisotopic (exact) mass is 362 g/mol. The van der Waals surface area contributed by atoms with Crippen molar-refractivity contribution in [3.63, 3.8) is 0 Å². The molecule has 1 aliphatic carbocycles. The number of halogens is 3. The molecule has 0 aromatic heterocycles. The second kappa shape index (κ2) is 8.62. The number of benzene rings is 1. The maximum absolute atomic E-state index is 12.5. The van der Waals surface area contributed by atoms with E-state index in [0.29, 0.717) is 5.56 Å². The Hall–Kier alpha value is -1.40. The lowest BCUT2D eigenvalue weighted by Crippen LogP contribution is -2.53. The molecule has 1 aromatic carbocycles. The topological polar surface area (TPSA) is 64.4 Å². The van der Waals surface area contributed by atoms with Gasteiger partial charge in [0.25, 0.3) is 0 Å². The van der Waals surface area contributed by atoms with Crippen molar-refractivity contribution in [3.8, 4) is 5.75 Å². The van der Waals surface area contributed by atoms with Crippen molar-refractivity contribution in [2.45, 2.75) is 57.7 Å². The molecule has 3 unspecified atom stereocenters. The molecule has 0 spiro atoms. The quantitative estimate of drug-likeness (QED) is 0.837. The molecule has 3 atom stereocenters. The highest BCUT2D eigenvalue weighted by atomic mass is 35.5. The highest BCUT2D eigenvalue weighted by Gasteiger charge is 2.38. The molecule has 0 radical (unpaired) electrons. The van der Waals surface area contributed by atoms with Gasteiger partial charge >= 0.3 is 6.61 Å². The average molecular weight is 363 g/mol. The first-order valence-corrected chi connectivity index (χ1v) is 7.93. The Balaban J connectivity index is 0.00000288. The first-order chi connectivity index (χ1) is 10.8. The van der Waals surface area contributed by atoms with Gasteiger partial charge in [0.05, 0.1) is 12.0 Å². The van der Waals surface area contributed by atoms with Crippen molar-refractivity contribution in [3.05, 3.63) is 29.8 Å². The second-order valence-corrected chi connectivity index (χ2v) is 6.49. The van der Waals surface area contributed by atoms with Crippen molar-refractivity contribution in [2.24, 2.45) is 11.7 Å². The van der Waals surface area contributed by atoms with E-state index in [4.69, 9.17) is 5.73 Å². The van der Waals surface area contributed by atoms with E-state index in [1.165, 1.54) is 12.1 Å². The molecule has 2 rings (SSSR count). The zero-order valence-electron chi connectivity index (χ0n) is 13.9. The molecule has 3 N–H and O–H groups in total. The highest BCUT2D eigenvalue weighted by molar-refractivity contribution is 5.85. The minimum Gasteiger partial charge on any atom is -0.435 e. The van der Waals surface area contributed by atoms with Crippen molar-refractivity contribution >= 4 is 18.3 Å². The molecule has 1 aliphatic rings. The van der Waals surface area contributed by atoms with Crippen LogP contribution in [0, 0.1) is 5.92 Å². The molecule has 0 bridgehead atoms. The molecule has 0 heterocycles. The first kappa shape index (κ1) is 20.6. The summed E-state index contributed by atoms with van der Waals surface area (Å²) < 4.78 is 29.0. The van der Waals surface area contributed by atoms with Gasteiger partial charge in [0, 0.05) is 5.54 Å². The number of hydrogen-bond donors (Lipinski definition) is 2. The van der Waals surface area contributed by atoms with Crippen molar-refractivity contribution in [1.82, 2.24) is 5.32 Å². The molecule has 0 saturated heterocycles. The molecule has 1 amide bonds. The van der Waals surface area contributed by atoms with E-state index in [9.17, 15) is 13.6 Å². The standard InChI is InChI=1S/C17H24F2N2O2.ClH/c1-11(12-6-5-7-13(10-12)23-16(18)19)21-15(22)14-8-3-4-9-17(14,2)20;/h5-7,10-11,14,16H,3-4,8-9,20H2,1-2H3,(H,21,22);1H. The Labute approximate surface area is 147 Å². The van der Waals surface area contributed by atoms with Crippen LogP contribution >= 0.6 is 12.4 Å². The molecule has 0 aliphatic heterocycles. The van der Waals surface area contributed by atoms with E-state index in [0.717, 1.165) is 25.7 Å². The fourth-order valence-corrected chi connectivity index (χ4v) is 3.15. The van der Waals surface area contributed by atoms with Crippen molar-refractivity contribution in [2.75, 3.05) is 0 Å².